The van der Waals surface area contributed by atoms with E-state index in [1.54, 1.807) is 12.1 Å². The van der Waals surface area contributed by atoms with E-state index in [9.17, 15) is 23.2 Å². The molecule has 0 bridgehead atoms. The molecule has 1 heterocycles. The molecular formula is C13H11F2NO4. The molecule has 2 amide bonds. The van der Waals surface area contributed by atoms with Gasteiger partial charge in [0.25, 0.3) is 11.8 Å². The highest BCUT2D eigenvalue weighted by molar-refractivity contribution is 6.21. The summed E-state index contributed by atoms with van der Waals surface area (Å²) in [5.41, 5.74) is 0.477. The molecule has 1 aliphatic rings. The van der Waals surface area contributed by atoms with E-state index in [4.69, 9.17) is 5.11 Å². The SMILES string of the molecule is O=C1c2ccccc2C(=O)N1CCCC(F)(F)C(=O)O. The van der Waals surface area contributed by atoms with Gasteiger partial charge in [0.05, 0.1) is 11.1 Å². The molecule has 0 unspecified atom stereocenters. The van der Waals surface area contributed by atoms with E-state index in [2.05, 4.69) is 0 Å². The van der Waals surface area contributed by atoms with Crippen LogP contribution in [0.5, 0.6) is 0 Å². The first-order chi connectivity index (χ1) is 9.34. The molecule has 0 saturated carbocycles. The second-order valence-corrected chi connectivity index (χ2v) is 4.42. The molecule has 1 aliphatic heterocycles. The first kappa shape index (κ1) is 14.1. The van der Waals surface area contributed by atoms with Crippen molar-refractivity contribution in [2.45, 2.75) is 18.8 Å². The van der Waals surface area contributed by atoms with Gasteiger partial charge in [-0.3, -0.25) is 14.5 Å². The van der Waals surface area contributed by atoms with E-state index >= 15 is 0 Å². The van der Waals surface area contributed by atoms with Crippen molar-refractivity contribution in [1.82, 2.24) is 4.90 Å². The van der Waals surface area contributed by atoms with Gasteiger partial charge in [-0.15, -0.1) is 0 Å². The number of carboxylic acids is 1. The third kappa shape index (κ3) is 2.38. The number of carbonyl (C=O) groups excluding carboxylic acids is 2. The zero-order valence-electron chi connectivity index (χ0n) is 10.3. The van der Waals surface area contributed by atoms with Crippen LogP contribution in [0.25, 0.3) is 0 Å². The Morgan fingerprint density at radius 2 is 1.65 bits per heavy atom. The first-order valence-electron chi connectivity index (χ1n) is 5.91. The lowest BCUT2D eigenvalue weighted by Gasteiger charge is -2.15. The van der Waals surface area contributed by atoms with Gasteiger partial charge >= 0.3 is 11.9 Å². The van der Waals surface area contributed by atoms with Crippen LogP contribution >= 0.6 is 0 Å². The number of hydrogen-bond acceptors (Lipinski definition) is 3. The zero-order chi connectivity index (χ0) is 14.9. The Kier molecular flexibility index (Phi) is 3.52. The average Bonchev–Trinajstić information content (AvgIpc) is 2.64. The number of benzene rings is 1. The van der Waals surface area contributed by atoms with Gasteiger partial charge in [-0.25, -0.2) is 4.79 Å². The maximum Gasteiger partial charge on any atom is 0.374 e. The molecule has 0 spiro atoms. The number of hydrogen-bond donors (Lipinski definition) is 1. The minimum Gasteiger partial charge on any atom is -0.477 e. The van der Waals surface area contributed by atoms with Gasteiger partial charge in [0.2, 0.25) is 0 Å². The molecule has 1 N–H and O–H groups in total. The van der Waals surface area contributed by atoms with Crippen LogP contribution in [0.15, 0.2) is 24.3 Å². The summed E-state index contributed by atoms with van der Waals surface area (Å²) in [6, 6.07) is 6.18. The minimum atomic E-state index is -3.85. The molecule has 5 nitrogen and oxygen atoms in total. The van der Waals surface area contributed by atoms with Crippen molar-refractivity contribution < 1.29 is 28.3 Å². The van der Waals surface area contributed by atoms with Crippen LogP contribution in [0.3, 0.4) is 0 Å². The zero-order valence-corrected chi connectivity index (χ0v) is 10.3. The quantitative estimate of drug-likeness (QED) is 0.836. The molecule has 0 fully saturated rings. The summed E-state index contributed by atoms with van der Waals surface area (Å²) in [6.45, 7) is -0.227. The average molecular weight is 283 g/mol. The number of amides is 2. The topological polar surface area (TPSA) is 74.7 Å². The van der Waals surface area contributed by atoms with Gasteiger partial charge in [-0.05, 0) is 18.6 Å². The van der Waals surface area contributed by atoms with Crippen LogP contribution in [-0.4, -0.2) is 40.3 Å². The Morgan fingerprint density at radius 1 is 1.15 bits per heavy atom. The lowest BCUT2D eigenvalue weighted by atomic mass is 10.1. The van der Waals surface area contributed by atoms with E-state index in [1.165, 1.54) is 12.1 Å². The summed E-state index contributed by atoms with van der Waals surface area (Å²) in [4.78, 5) is 34.9. The predicted molar refractivity (Wildman–Crippen MR) is 63.6 cm³/mol. The number of fused-ring (bicyclic) bond motifs is 1. The smallest absolute Gasteiger partial charge is 0.374 e. The molecule has 7 heteroatoms. The molecule has 0 radical (unpaired) electrons. The largest absolute Gasteiger partial charge is 0.477 e. The van der Waals surface area contributed by atoms with E-state index in [0.29, 0.717) is 0 Å². The predicted octanol–water partition coefficient (Wildman–Crippen LogP) is 1.78. The number of imide groups is 1. The van der Waals surface area contributed by atoms with Gasteiger partial charge in [0.1, 0.15) is 0 Å². The van der Waals surface area contributed by atoms with E-state index in [1.807, 2.05) is 0 Å². The molecule has 0 aliphatic carbocycles. The normalized spacial score (nSPS) is 14.6. The van der Waals surface area contributed by atoms with Crippen molar-refractivity contribution in [2.24, 2.45) is 0 Å². The summed E-state index contributed by atoms with van der Waals surface area (Å²) in [5.74, 6) is -7.13. The van der Waals surface area contributed by atoms with Gasteiger partial charge in [-0.2, -0.15) is 8.78 Å². The summed E-state index contributed by atoms with van der Waals surface area (Å²) in [7, 11) is 0. The molecule has 0 atom stereocenters. The number of rotatable bonds is 5. The van der Waals surface area contributed by atoms with Crippen molar-refractivity contribution >= 4 is 17.8 Å². The van der Waals surface area contributed by atoms with Crippen molar-refractivity contribution in [3.8, 4) is 0 Å². The third-order valence-electron chi connectivity index (χ3n) is 3.06. The molecule has 2 rings (SSSR count). The highest BCUT2D eigenvalue weighted by Crippen LogP contribution is 2.25. The van der Waals surface area contributed by atoms with Crippen molar-refractivity contribution in [2.75, 3.05) is 6.54 Å². The standard InChI is InChI=1S/C13H11F2NO4/c14-13(15,12(19)20)6-3-7-16-10(17)8-4-1-2-5-9(8)11(16)18/h1-2,4-5H,3,6-7H2,(H,19,20). The van der Waals surface area contributed by atoms with Crippen LogP contribution in [0, 0.1) is 0 Å². The Labute approximate surface area is 112 Å². The molecule has 106 valence electrons. The van der Waals surface area contributed by atoms with E-state index in [0.717, 1.165) is 4.90 Å². The number of halogens is 2. The molecule has 0 aromatic heterocycles. The fraction of sp³-hybridized carbons (Fsp3) is 0.308. The highest BCUT2D eigenvalue weighted by Gasteiger charge is 2.39. The summed E-state index contributed by atoms with van der Waals surface area (Å²) < 4.78 is 25.8. The Bertz CT molecular complexity index is 550. The van der Waals surface area contributed by atoms with Crippen LogP contribution in [0.4, 0.5) is 8.78 Å². The van der Waals surface area contributed by atoms with Gasteiger partial charge < -0.3 is 5.11 Å². The van der Waals surface area contributed by atoms with Crippen LogP contribution in [0.2, 0.25) is 0 Å². The number of alkyl halides is 2. The lowest BCUT2D eigenvalue weighted by Crippen LogP contribution is -2.33. The summed E-state index contributed by atoms with van der Waals surface area (Å²) in [5, 5.41) is 8.28. The second-order valence-electron chi connectivity index (χ2n) is 4.42. The monoisotopic (exact) mass is 283 g/mol. The van der Waals surface area contributed by atoms with Crippen LogP contribution in [-0.2, 0) is 4.79 Å². The molecule has 1 aromatic carbocycles. The summed E-state index contributed by atoms with van der Waals surface area (Å²) in [6.07, 6.45) is -1.19. The van der Waals surface area contributed by atoms with Crippen molar-refractivity contribution in [3.05, 3.63) is 35.4 Å². The number of carboxylic acid groups (broad SMARTS) is 1. The number of carbonyl (C=O) groups is 3. The number of nitrogens with zero attached hydrogens (tertiary/aromatic N) is 1. The van der Waals surface area contributed by atoms with Gasteiger partial charge in [0, 0.05) is 13.0 Å². The van der Waals surface area contributed by atoms with E-state index < -0.39 is 30.1 Å². The lowest BCUT2D eigenvalue weighted by molar-refractivity contribution is -0.165. The summed E-state index contributed by atoms with van der Waals surface area (Å²) >= 11 is 0. The fourth-order valence-corrected chi connectivity index (χ4v) is 2.01. The highest BCUT2D eigenvalue weighted by atomic mass is 19.3. The molecule has 1 aromatic rings. The van der Waals surface area contributed by atoms with Gasteiger partial charge in [0.15, 0.2) is 0 Å². The Morgan fingerprint density at radius 3 is 2.10 bits per heavy atom. The van der Waals surface area contributed by atoms with E-state index in [-0.39, 0.29) is 24.1 Å². The molecule has 0 saturated heterocycles. The van der Waals surface area contributed by atoms with Crippen molar-refractivity contribution in [1.29, 1.82) is 0 Å². The molecular weight excluding hydrogens is 272 g/mol. The first-order valence-corrected chi connectivity index (χ1v) is 5.91. The maximum atomic E-state index is 12.9. The van der Waals surface area contributed by atoms with Crippen LogP contribution in [0.1, 0.15) is 33.6 Å². The van der Waals surface area contributed by atoms with Crippen molar-refractivity contribution in [3.63, 3.8) is 0 Å². The Hall–Kier alpha value is -2.31. The fourth-order valence-electron chi connectivity index (χ4n) is 2.01. The number of aliphatic carboxylic acids is 1. The minimum absolute atomic E-state index is 0.227. The van der Waals surface area contributed by atoms with Crippen LogP contribution < -0.4 is 0 Å². The third-order valence-corrected chi connectivity index (χ3v) is 3.06. The maximum absolute atomic E-state index is 12.9. The second kappa shape index (κ2) is 4.99. The Balaban J connectivity index is 2.01. The molecule has 20 heavy (non-hydrogen) atoms. The van der Waals surface area contributed by atoms with Gasteiger partial charge in [-0.1, -0.05) is 12.1 Å².